The number of carbonyl (C=O) groups is 3. The number of aromatic nitrogens is 7. The van der Waals surface area contributed by atoms with Crippen LogP contribution < -0.4 is 11.1 Å². The van der Waals surface area contributed by atoms with Gasteiger partial charge in [0, 0.05) is 47.8 Å². The van der Waals surface area contributed by atoms with Gasteiger partial charge in [0.1, 0.15) is 5.82 Å². The number of aromatic amines is 1. The molecule has 0 spiro atoms. The second-order valence-corrected chi connectivity index (χ2v) is 11.4. The molecule has 0 unspecified atom stereocenters. The Hall–Kier alpha value is -5.46. The first-order chi connectivity index (χ1) is 21.3. The Morgan fingerprint density at radius 1 is 0.955 bits per heavy atom. The molecule has 3 atom stereocenters. The number of benzene rings is 1. The zero-order valence-corrected chi connectivity index (χ0v) is 24.2. The van der Waals surface area contributed by atoms with Crippen LogP contribution >= 0.6 is 0 Å². The van der Waals surface area contributed by atoms with E-state index in [0.29, 0.717) is 29.7 Å². The molecule has 2 aliphatic rings. The molecule has 13 heteroatoms. The van der Waals surface area contributed by atoms with Crippen molar-refractivity contribution in [1.82, 2.24) is 39.7 Å². The van der Waals surface area contributed by atoms with Crippen molar-refractivity contribution in [3.8, 4) is 22.4 Å². The molecular formula is C31H30N10O3. The Morgan fingerprint density at radius 2 is 1.70 bits per heavy atom. The fraction of sp³-hybridized carbons (Fsp3) is 0.290. The van der Waals surface area contributed by atoms with Gasteiger partial charge in [-0.2, -0.15) is 14.6 Å². The topological polar surface area (TPSA) is 177 Å². The number of nitrogen functional groups attached to an aromatic ring is 1. The molecule has 4 N–H and O–H groups in total. The van der Waals surface area contributed by atoms with Crippen LogP contribution in [-0.4, -0.2) is 69.3 Å². The molecule has 44 heavy (non-hydrogen) atoms. The van der Waals surface area contributed by atoms with Gasteiger partial charge in [0.2, 0.25) is 17.7 Å². The van der Waals surface area contributed by atoms with Crippen LogP contribution in [-0.2, 0) is 4.79 Å². The molecule has 4 aromatic heterocycles. The molecule has 5 aromatic rings. The monoisotopic (exact) mass is 590 g/mol. The molecule has 1 aromatic carbocycles. The van der Waals surface area contributed by atoms with Crippen LogP contribution in [0.25, 0.3) is 28.0 Å². The number of H-pyrrole nitrogens is 1. The first kappa shape index (κ1) is 27.4. The van der Waals surface area contributed by atoms with Gasteiger partial charge in [-0.05, 0) is 38.7 Å². The maximum atomic E-state index is 13.4. The molecule has 0 aliphatic carbocycles. The molecule has 2 fully saturated rings. The quantitative estimate of drug-likeness (QED) is 0.248. The number of nitrogens with one attached hydrogen (secondary N) is 2. The number of pyridine rings is 1. The highest BCUT2D eigenvalue weighted by atomic mass is 16.2. The van der Waals surface area contributed by atoms with Gasteiger partial charge in [0.15, 0.2) is 11.4 Å². The molecule has 2 saturated heterocycles. The molecule has 0 saturated carbocycles. The molecule has 0 radical (unpaired) electrons. The van der Waals surface area contributed by atoms with Crippen LogP contribution in [0, 0.1) is 0 Å². The number of amides is 2. The number of nitrogens with two attached hydrogens (primary N) is 1. The Kier molecular flexibility index (Phi) is 6.64. The van der Waals surface area contributed by atoms with Crippen molar-refractivity contribution in [2.45, 2.75) is 57.5 Å². The van der Waals surface area contributed by atoms with Crippen molar-refractivity contribution in [1.29, 1.82) is 0 Å². The van der Waals surface area contributed by atoms with E-state index in [1.807, 2.05) is 47.4 Å². The standard InChI is InChI=1S/C31H30N10O3/c1-16(42)25-26(20-12-21-9-10-22(13-20)40(21)30(44)28-37-31(39-38-28)35-17(2)43)36-29-23(15-34-41(29)27(25)32)19-8-11-24(33-14-19)18-6-4-3-5-7-18/h3-8,11,14-15,20-22H,9-10,12-13,32H2,1-2H3,(H2,35,37,38,39,43)/t20-,21+,22-. The van der Waals surface area contributed by atoms with E-state index < -0.39 is 0 Å². The van der Waals surface area contributed by atoms with E-state index in [1.165, 1.54) is 18.4 Å². The van der Waals surface area contributed by atoms with E-state index in [-0.39, 0.29) is 53.2 Å². The lowest BCUT2D eigenvalue weighted by atomic mass is 9.85. The van der Waals surface area contributed by atoms with Gasteiger partial charge in [0.05, 0.1) is 23.1 Å². The summed E-state index contributed by atoms with van der Waals surface area (Å²) >= 11 is 0. The summed E-state index contributed by atoms with van der Waals surface area (Å²) < 4.78 is 1.52. The summed E-state index contributed by atoms with van der Waals surface area (Å²) in [7, 11) is 0. The Balaban J connectivity index is 1.21. The molecule has 7 rings (SSSR count). The summed E-state index contributed by atoms with van der Waals surface area (Å²) in [5.41, 5.74) is 11.6. The second-order valence-electron chi connectivity index (χ2n) is 11.4. The van der Waals surface area contributed by atoms with Crippen LogP contribution in [0.5, 0.6) is 0 Å². The number of piperidine rings is 1. The number of hydrogen-bond donors (Lipinski definition) is 3. The summed E-state index contributed by atoms with van der Waals surface area (Å²) in [5, 5.41) is 13.6. The summed E-state index contributed by atoms with van der Waals surface area (Å²) in [6, 6.07) is 13.7. The number of nitrogens with zero attached hydrogens (tertiary/aromatic N) is 7. The van der Waals surface area contributed by atoms with Crippen molar-refractivity contribution in [3.63, 3.8) is 0 Å². The lowest BCUT2D eigenvalue weighted by molar-refractivity contribution is -0.114. The van der Waals surface area contributed by atoms with Crippen molar-refractivity contribution in [2.75, 3.05) is 11.1 Å². The number of carbonyl (C=O) groups excluding carboxylic acids is 3. The van der Waals surface area contributed by atoms with Gasteiger partial charge in [-0.3, -0.25) is 24.7 Å². The van der Waals surface area contributed by atoms with Crippen LogP contribution in [0.2, 0.25) is 0 Å². The van der Waals surface area contributed by atoms with E-state index in [1.54, 1.807) is 12.4 Å². The highest BCUT2D eigenvalue weighted by Gasteiger charge is 2.46. The number of Topliss-reactive ketones (excluding diaryl/α,β-unsaturated/α-hetero) is 1. The molecular weight excluding hydrogens is 560 g/mol. The third-order valence-corrected chi connectivity index (χ3v) is 8.53. The van der Waals surface area contributed by atoms with Crippen LogP contribution in [0.3, 0.4) is 0 Å². The van der Waals surface area contributed by atoms with E-state index in [9.17, 15) is 14.4 Å². The number of rotatable bonds is 6. The number of fused-ring (bicyclic) bond motifs is 3. The lowest BCUT2D eigenvalue weighted by Gasteiger charge is -2.38. The number of ketones is 1. The maximum Gasteiger partial charge on any atom is 0.294 e. The molecule has 222 valence electrons. The first-order valence-electron chi connectivity index (χ1n) is 14.5. The van der Waals surface area contributed by atoms with E-state index in [4.69, 9.17) is 10.7 Å². The fourth-order valence-corrected chi connectivity index (χ4v) is 6.65. The summed E-state index contributed by atoms with van der Waals surface area (Å²) in [6.07, 6.45) is 6.36. The highest BCUT2D eigenvalue weighted by molar-refractivity contribution is 6.00. The van der Waals surface area contributed by atoms with E-state index >= 15 is 0 Å². The van der Waals surface area contributed by atoms with Crippen molar-refractivity contribution < 1.29 is 14.4 Å². The average Bonchev–Trinajstić information content (AvgIpc) is 3.73. The third kappa shape index (κ3) is 4.66. The smallest absolute Gasteiger partial charge is 0.294 e. The number of hydrogen-bond acceptors (Lipinski definition) is 9. The van der Waals surface area contributed by atoms with Gasteiger partial charge < -0.3 is 10.6 Å². The molecule has 13 nitrogen and oxygen atoms in total. The van der Waals surface area contributed by atoms with Crippen LogP contribution in [0.1, 0.15) is 72.1 Å². The largest absolute Gasteiger partial charge is 0.383 e. The summed E-state index contributed by atoms with van der Waals surface area (Å²) in [6.45, 7) is 2.84. The molecule has 2 amide bonds. The van der Waals surface area contributed by atoms with Crippen LogP contribution in [0.4, 0.5) is 11.8 Å². The normalized spacial score (nSPS) is 19.3. The summed E-state index contributed by atoms with van der Waals surface area (Å²) in [4.78, 5) is 53.5. The predicted octanol–water partition coefficient (Wildman–Crippen LogP) is 3.87. The third-order valence-electron chi connectivity index (χ3n) is 8.53. The van der Waals surface area contributed by atoms with Crippen molar-refractivity contribution in [3.05, 3.63) is 71.9 Å². The highest BCUT2D eigenvalue weighted by Crippen LogP contribution is 2.45. The zero-order chi connectivity index (χ0) is 30.5. The minimum Gasteiger partial charge on any atom is -0.383 e. The zero-order valence-electron chi connectivity index (χ0n) is 24.2. The number of anilines is 2. The summed E-state index contributed by atoms with van der Waals surface area (Å²) in [5.74, 6) is -0.497. The fourth-order valence-electron chi connectivity index (χ4n) is 6.65. The maximum absolute atomic E-state index is 13.4. The minimum absolute atomic E-state index is 0.00751. The predicted molar refractivity (Wildman–Crippen MR) is 162 cm³/mol. The van der Waals surface area contributed by atoms with E-state index in [0.717, 1.165) is 35.2 Å². The average molecular weight is 591 g/mol. The first-order valence-corrected chi connectivity index (χ1v) is 14.5. The van der Waals surface area contributed by atoms with Gasteiger partial charge in [0.25, 0.3) is 5.91 Å². The Labute approximate surface area is 251 Å². The van der Waals surface area contributed by atoms with Gasteiger partial charge in [-0.25, -0.2) is 10.1 Å². The second kappa shape index (κ2) is 10.7. The van der Waals surface area contributed by atoms with E-state index in [2.05, 4.69) is 30.6 Å². The molecule has 2 bridgehead atoms. The van der Waals surface area contributed by atoms with Crippen LogP contribution in [0.15, 0.2) is 54.9 Å². The van der Waals surface area contributed by atoms with Gasteiger partial charge >= 0.3 is 0 Å². The molecule has 6 heterocycles. The van der Waals surface area contributed by atoms with Gasteiger partial charge in [-0.1, -0.05) is 36.4 Å². The minimum atomic E-state index is -0.312. The van der Waals surface area contributed by atoms with Gasteiger partial charge in [-0.15, -0.1) is 5.10 Å². The Bertz CT molecular complexity index is 1900. The Morgan fingerprint density at radius 3 is 2.36 bits per heavy atom. The van der Waals surface area contributed by atoms with Crippen molar-refractivity contribution >= 4 is 35.0 Å². The lowest BCUT2D eigenvalue weighted by Crippen LogP contribution is -2.46. The SMILES string of the molecule is CC(=O)Nc1nc(C(=O)N2[C@@H]3CC[C@H]2C[C@@H](c2nc4c(-c5ccc(-c6ccccc6)nc5)cnn4c(N)c2C(C)=O)C3)n[nH]1. The molecule has 2 aliphatic heterocycles. The van der Waals surface area contributed by atoms with Crippen molar-refractivity contribution in [2.24, 2.45) is 0 Å².